The summed E-state index contributed by atoms with van der Waals surface area (Å²) >= 11 is 0. The van der Waals surface area contributed by atoms with E-state index in [9.17, 15) is 13.6 Å². The molecule has 0 unspecified atom stereocenters. The zero-order valence-electron chi connectivity index (χ0n) is 8.55. The third kappa shape index (κ3) is 2.30. The van der Waals surface area contributed by atoms with Gasteiger partial charge in [0.05, 0.1) is 11.9 Å². The number of aromatic nitrogens is 2. The minimum atomic E-state index is -2.62. The zero-order valence-corrected chi connectivity index (χ0v) is 8.55. The lowest BCUT2D eigenvalue weighted by molar-refractivity contribution is 0.0697. The summed E-state index contributed by atoms with van der Waals surface area (Å²) in [6, 6.07) is 5.86. The first-order chi connectivity index (χ1) is 8.08. The van der Waals surface area contributed by atoms with Crippen molar-refractivity contribution in [2.75, 3.05) is 0 Å². The summed E-state index contributed by atoms with van der Waals surface area (Å²) in [4.78, 5) is 14.2. The lowest BCUT2D eigenvalue weighted by Gasteiger charge is -2.01. The van der Waals surface area contributed by atoms with Crippen molar-refractivity contribution in [2.45, 2.75) is 6.43 Å². The van der Waals surface area contributed by atoms with Crippen LogP contribution in [0.3, 0.4) is 0 Å². The molecule has 0 atom stereocenters. The maximum Gasteiger partial charge on any atom is 0.335 e. The number of carbonyl (C=O) groups is 1. The topological polar surface area (TPSA) is 55.1 Å². The number of imidazole rings is 1. The van der Waals surface area contributed by atoms with Crippen molar-refractivity contribution < 1.29 is 18.7 Å². The molecule has 1 heterocycles. The standard InChI is InChI=1S/C11H8F2N2O2/c12-10(13)9-5-15(6-14-9)8-3-1-7(2-4-8)11(16)17/h1-6,10H,(H,16,17). The fourth-order valence-electron chi connectivity index (χ4n) is 1.37. The third-order valence-corrected chi connectivity index (χ3v) is 2.24. The van der Waals surface area contributed by atoms with E-state index in [2.05, 4.69) is 4.98 Å². The molecule has 0 spiro atoms. The van der Waals surface area contributed by atoms with Gasteiger partial charge in [0.15, 0.2) is 0 Å². The van der Waals surface area contributed by atoms with Gasteiger partial charge in [-0.05, 0) is 24.3 Å². The van der Waals surface area contributed by atoms with Crippen LogP contribution in [0, 0.1) is 0 Å². The molecule has 0 bridgehead atoms. The molecular weight excluding hydrogens is 230 g/mol. The van der Waals surface area contributed by atoms with Gasteiger partial charge < -0.3 is 9.67 Å². The van der Waals surface area contributed by atoms with Crippen molar-refractivity contribution in [1.82, 2.24) is 9.55 Å². The predicted molar refractivity (Wildman–Crippen MR) is 55.5 cm³/mol. The highest BCUT2D eigenvalue weighted by atomic mass is 19.3. The van der Waals surface area contributed by atoms with Gasteiger partial charge in [-0.15, -0.1) is 0 Å². The number of alkyl halides is 2. The Balaban J connectivity index is 2.30. The molecule has 1 N–H and O–H groups in total. The average molecular weight is 238 g/mol. The maximum absolute atomic E-state index is 12.3. The Hall–Kier alpha value is -2.24. The second-order valence-electron chi connectivity index (χ2n) is 3.36. The van der Waals surface area contributed by atoms with E-state index in [1.54, 1.807) is 0 Å². The molecule has 0 saturated heterocycles. The van der Waals surface area contributed by atoms with Crippen LogP contribution < -0.4 is 0 Å². The minimum Gasteiger partial charge on any atom is -0.478 e. The van der Waals surface area contributed by atoms with E-state index in [0.717, 1.165) is 0 Å². The Morgan fingerprint density at radius 2 is 1.94 bits per heavy atom. The molecule has 2 rings (SSSR count). The van der Waals surface area contributed by atoms with Crippen LogP contribution in [0.1, 0.15) is 22.5 Å². The highest BCUT2D eigenvalue weighted by Gasteiger charge is 2.11. The van der Waals surface area contributed by atoms with E-state index in [1.165, 1.54) is 41.4 Å². The smallest absolute Gasteiger partial charge is 0.335 e. The zero-order chi connectivity index (χ0) is 12.4. The molecule has 0 fully saturated rings. The van der Waals surface area contributed by atoms with Crippen LogP contribution in [-0.2, 0) is 0 Å². The van der Waals surface area contributed by atoms with Gasteiger partial charge in [-0.2, -0.15) is 0 Å². The van der Waals surface area contributed by atoms with Gasteiger partial charge >= 0.3 is 5.97 Å². The van der Waals surface area contributed by atoms with E-state index < -0.39 is 12.4 Å². The van der Waals surface area contributed by atoms with Crippen molar-refractivity contribution in [3.8, 4) is 5.69 Å². The largest absolute Gasteiger partial charge is 0.478 e. The Bertz CT molecular complexity index is 535. The quantitative estimate of drug-likeness (QED) is 0.893. The molecule has 4 nitrogen and oxygen atoms in total. The predicted octanol–water partition coefficient (Wildman–Crippen LogP) is 2.51. The summed E-state index contributed by atoms with van der Waals surface area (Å²) in [5.41, 5.74) is 0.407. The minimum absolute atomic E-state index is 0.142. The monoisotopic (exact) mass is 238 g/mol. The number of aromatic carboxylic acids is 1. The van der Waals surface area contributed by atoms with Crippen molar-refractivity contribution in [3.05, 3.63) is 48.0 Å². The van der Waals surface area contributed by atoms with Gasteiger partial charge in [0.1, 0.15) is 5.69 Å². The highest BCUT2D eigenvalue weighted by molar-refractivity contribution is 5.87. The summed E-state index contributed by atoms with van der Waals surface area (Å²) in [7, 11) is 0. The molecule has 0 radical (unpaired) electrons. The fraction of sp³-hybridized carbons (Fsp3) is 0.0909. The number of hydrogen-bond acceptors (Lipinski definition) is 2. The molecule has 1 aromatic carbocycles. The second kappa shape index (κ2) is 4.32. The van der Waals surface area contributed by atoms with Crippen LogP contribution >= 0.6 is 0 Å². The Kier molecular flexibility index (Phi) is 2.86. The Morgan fingerprint density at radius 1 is 1.29 bits per heavy atom. The Labute approximate surface area is 95.1 Å². The molecule has 1 aromatic heterocycles. The molecule has 88 valence electrons. The van der Waals surface area contributed by atoms with Crippen LogP contribution in [0.15, 0.2) is 36.8 Å². The van der Waals surface area contributed by atoms with E-state index in [-0.39, 0.29) is 11.3 Å². The number of carboxylic acids is 1. The van der Waals surface area contributed by atoms with Crippen LogP contribution in [0.25, 0.3) is 5.69 Å². The number of rotatable bonds is 3. The van der Waals surface area contributed by atoms with Gasteiger partial charge in [-0.3, -0.25) is 0 Å². The normalized spacial score (nSPS) is 10.8. The first-order valence-electron chi connectivity index (χ1n) is 4.73. The van der Waals surface area contributed by atoms with Crippen molar-refractivity contribution in [2.24, 2.45) is 0 Å². The SMILES string of the molecule is O=C(O)c1ccc(-n2cnc(C(F)F)c2)cc1. The van der Waals surface area contributed by atoms with E-state index in [1.807, 2.05) is 0 Å². The molecule has 2 aromatic rings. The van der Waals surface area contributed by atoms with Crippen molar-refractivity contribution in [3.63, 3.8) is 0 Å². The average Bonchev–Trinajstić information content (AvgIpc) is 2.78. The van der Waals surface area contributed by atoms with E-state index in [4.69, 9.17) is 5.11 Å². The molecule has 0 amide bonds. The number of nitrogens with zero attached hydrogens (tertiary/aromatic N) is 2. The Morgan fingerprint density at radius 3 is 2.41 bits per heavy atom. The lowest BCUT2D eigenvalue weighted by Crippen LogP contribution is -1.97. The third-order valence-electron chi connectivity index (χ3n) is 2.24. The van der Waals surface area contributed by atoms with Crippen LogP contribution in [-0.4, -0.2) is 20.6 Å². The van der Waals surface area contributed by atoms with Gasteiger partial charge in [0.25, 0.3) is 6.43 Å². The maximum atomic E-state index is 12.3. The summed E-state index contributed by atoms with van der Waals surface area (Å²) < 4.78 is 26.0. The van der Waals surface area contributed by atoms with Crippen LogP contribution in [0.2, 0.25) is 0 Å². The molecule has 0 aliphatic carbocycles. The number of carboxylic acid groups (broad SMARTS) is 1. The first-order valence-corrected chi connectivity index (χ1v) is 4.73. The van der Waals surface area contributed by atoms with E-state index in [0.29, 0.717) is 5.69 Å². The molecule has 0 aliphatic heterocycles. The number of benzene rings is 1. The van der Waals surface area contributed by atoms with Gasteiger partial charge in [-0.25, -0.2) is 18.6 Å². The molecule has 0 saturated carbocycles. The number of halogens is 2. The van der Waals surface area contributed by atoms with Crippen LogP contribution in [0.5, 0.6) is 0 Å². The molecule has 6 heteroatoms. The van der Waals surface area contributed by atoms with E-state index >= 15 is 0 Å². The van der Waals surface area contributed by atoms with Gasteiger partial charge in [-0.1, -0.05) is 0 Å². The van der Waals surface area contributed by atoms with Gasteiger partial charge in [0, 0.05) is 11.9 Å². The number of hydrogen-bond donors (Lipinski definition) is 1. The van der Waals surface area contributed by atoms with Gasteiger partial charge in [0.2, 0.25) is 0 Å². The fourth-order valence-corrected chi connectivity index (χ4v) is 1.37. The summed E-state index contributed by atoms with van der Waals surface area (Å²) in [5, 5.41) is 8.70. The summed E-state index contributed by atoms with van der Waals surface area (Å²) in [6.45, 7) is 0. The van der Waals surface area contributed by atoms with Crippen molar-refractivity contribution >= 4 is 5.97 Å². The highest BCUT2D eigenvalue weighted by Crippen LogP contribution is 2.18. The van der Waals surface area contributed by atoms with Crippen LogP contribution in [0.4, 0.5) is 8.78 Å². The molecule has 0 aliphatic rings. The molecule has 17 heavy (non-hydrogen) atoms. The second-order valence-corrected chi connectivity index (χ2v) is 3.36. The van der Waals surface area contributed by atoms with Crippen molar-refractivity contribution in [1.29, 1.82) is 0 Å². The first kappa shape index (κ1) is 11.3. The molecular formula is C11H8F2N2O2. The lowest BCUT2D eigenvalue weighted by atomic mass is 10.2. The summed E-state index contributed by atoms with van der Waals surface area (Å²) in [6.07, 6.45) is -0.146. The summed E-state index contributed by atoms with van der Waals surface area (Å²) in [5.74, 6) is -1.03.